The minimum atomic E-state index is -4.33. The first-order valence-electron chi connectivity index (χ1n) is 7.45. The Morgan fingerprint density at radius 3 is 2.73 bits per heavy atom. The Kier molecular flexibility index (Phi) is 4.08. The molecule has 1 unspecified atom stereocenters. The molecule has 1 aliphatic heterocycles. The molecular formula is C15H18F3N3O. The number of carbonyl (C=O) groups excluding carboxylic acids is 1. The van der Waals surface area contributed by atoms with Gasteiger partial charge in [0.05, 0.1) is 6.04 Å². The second-order valence-electron chi connectivity index (χ2n) is 6.00. The number of hydrogen-bond donors (Lipinski definition) is 1. The quantitative estimate of drug-likeness (QED) is 0.926. The Balaban J connectivity index is 1.47. The molecule has 1 saturated carbocycles. The van der Waals surface area contributed by atoms with Gasteiger partial charge in [0.25, 0.3) is 0 Å². The average molecular weight is 313 g/mol. The van der Waals surface area contributed by atoms with E-state index in [2.05, 4.69) is 10.3 Å². The molecule has 22 heavy (non-hydrogen) atoms. The fourth-order valence-electron chi connectivity index (χ4n) is 3.16. The third kappa shape index (κ3) is 3.40. The van der Waals surface area contributed by atoms with Crippen LogP contribution < -0.4 is 5.32 Å². The molecule has 1 saturated heterocycles. The van der Waals surface area contributed by atoms with E-state index in [0.717, 1.165) is 23.4 Å². The van der Waals surface area contributed by atoms with Crippen molar-refractivity contribution in [1.82, 2.24) is 15.2 Å². The molecule has 1 aliphatic carbocycles. The van der Waals surface area contributed by atoms with Gasteiger partial charge in [-0.2, -0.15) is 13.2 Å². The van der Waals surface area contributed by atoms with E-state index in [0.29, 0.717) is 12.3 Å². The largest absolute Gasteiger partial charge is 0.406 e. The lowest BCUT2D eigenvalue weighted by Crippen LogP contribution is -2.49. The van der Waals surface area contributed by atoms with Crippen LogP contribution in [0.2, 0.25) is 0 Å². The Bertz CT molecular complexity index is 529. The minimum absolute atomic E-state index is 0.173. The van der Waals surface area contributed by atoms with Gasteiger partial charge in [-0.3, -0.25) is 9.78 Å². The SMILES string of the molecule is O=C1C(NC2CC(c3ccccn3)C2)CCN1CC(F)(F)F. The van der Waals surface area contributed by atoms with E-state index in [1.54, 1.807) is 6.20 Å². The number of pyridine rings is 1. The predicted molar refractivity (Wildman–Crippen MR) is 74.2 cm³/mol. The van der Waals surface area contributed by atoms with Crippen molar-refractivity contribution < 1.29 is 18.0 Å². The molecule has 2 aliphatic rings. The van der Waals surface area contributed by atoms with Gasteiger partial charge in [-0.1, -0.05) is 6.07 Å². The van der Waals surface area contributed by atoms with Crippen LogP contribution in [-0.4, -0.2) is 47.1 Å². The number of nitrogens with one attached hydrogen (secondary N) is 1. The molecule has 2 heterocycles. The first-order chi connectivity index (χ1) is 10.4. The summed E-state index contributed by atoms with van der Waals surface area (Å²) in [4.78, 5) is 17.2. The lowest BCUT2D eigenvalue weighted by atomic mass is 9.77. The minimum Gasteiger partial charge on any atom is -0.332 e. The smallest absolute Gasteiger partial charge is 0.332 e. The number of likely N-dealkylation sites (tertiary alicyclic amines) is 1. The number of halogens is 3. The van der Waals surface area contributed by atoms with Crippen LogP contribution >= 0.6 is 0 Å². The molecule has 1 aromatic rings. The van der Waals surface area contributed by atoms with Crippen LogP contribution in [0.15, 0.2) is 24.4 Å². The normalized spacial score (nSPS) is 28.8. The molecule has 1 N–H and O–H groups in total. The van der Waals surface area contributed by atoms with Gasteiger partial charge < -0.3 is 10.2 Å². The third-order valence-corrected chi connectivity index (χ3v) is 4.35. The van der Waals surface area contributed by atoms with Gasteiger partial charge in [-0.05, 0) is 31.4 Å². The van der Waals surface area contributed by atoms with Crippen molar-refractivity contribution >= 4 is 5.91 Å². The van der Waals surface area contributed by atoms with Gasteiger partial charge in [-0.25, -0.2) is 0 Å². The van der Waals surface area contributed by atoms with E-state index >= 15 is 0 Å². The summed E-state index contributed by atoms with van der Waals surface area (Å²) in [6.07, 6.45) is -0.378. The molecule has 1 atom stereocenters. The van der Waals surface area contributed by atoms with Crippen LogP contribution in [0.3, 0.4) is 0 Å². The summed E-state index contributed by atoms with van der Waals surface area (Å²) in [5.74, 6) is -0.0555. The number of rotatable bonds is 4. The maximum atomic E-state index is 12.4. The molecule has 120 valence electrons. The van der Waals surface area contributed by atoms with Crippen molar-refractivity contribution in [1.29, 1.82) is 0 Å². The molecule has 4 nitrogen and oxygen atoms in total. The van der Waals surface area contributed by atoms with Gasteiger partial charge in [0.2, 0.25) is 5.91 Å². The molecule has 3 rings (SSSR count). The topological polar surface area (TPSA) is 45.2 Å². The van der Waals surface area contributed by atoms with Gasteiger partial charge in [0.1, 0.15) is 6.54 Å². The van der Waals surface area contributed by atoms with E-state index in [1.807, 2.05) is 18.2 Å². The molecule has 0 spiro atoms. The van der Waals surface area contributed by atoms with Crippen molar-refractivity contribution in [2.45, 2.75) is 43.4 Å². The molecule has 7 heteroatoms. The highest BCUT2D eigenvalue weighted by molar-refractivity contribution is 5.84. The zero-order valence-corrected chi connectivity index (χ0v) is 12.0. The molecule has 0 radical (unpaired) electrons. The summed E-state index contributed by atoms with van der Waals surface area (Å²) >= 11 is 0. The highest BCUT2D eigenvalue weighted by Gasteiger charge is 2.41. The van der Waals surface area contributed by atoms with Gasteiger partial charge in [0, 0.05) is 30.4 Å². The highest BCUT2D eigenvalue weighted by atomic mass is 19.4. The number of nitrogens with zero attached hydrogens (tertiary/aromatic N) is 2. The number of hydrogen-bond acceptors (Lipinski definition) is 3. The van der Waals surface area contributed by atoms with Gasteiger partial charge in [-0.15, -0.1) is 0 Å². The predicted octanol–water partition coefficient (Wildman–Crippen LogP) is 2.08. The summed E-state index contributed by atoms with van der Waals surface area (Å²) in [7, 11) is 0. The average Bonchev–Trinajstić information content (AvgIpc) is 2.74. The van der Waals surface area contributed by atoms with Crippen LogP contribution in [0.4, 0.5) is 13.2 Å². The second kappa shape index (κ2) is 5.87. The molecule has 1 aromatic heterocycles. The summed E-state index contributed by atoms with van der Waals surface area (Å²) in [5, 5.41) is 3.19. The van der Waals surface area contributed by atoms with E-state index in [9.17, 15) is 18.0 Å². The summed E-state index contributed by atoms with van der Waals surface area (Å²) < 4.78 is 37.1. The van der Waals surface area contributed by atoms with E-state index < -0.39 is 24.7 Å². The van der Waals surface area contributed by atoms with Crippen molar-refractivity contribution in [3.63, 3.8) is 0 Å². The maximum absolute atomic E-state index is 12.4. The highest BCUT2D eigenvalue weighted by Crippen LogP contribution is 2.36. The summed E-state index contributed by atoms with van der Waals surface area (Å²) in [5.41, 5.74) is 1.04. The van der Waals surface area contributed by atoms with Crippen LogP contribution in [0.25, 0.3) is 0 Å². The fraction of sp³-hybridized carbons (Fsp3) is 0.600. The van der Waals surface area contributed by atoms with Gasteiger partial charge in [0.15, 0.2) is 0 Å². The maximum Gasteiger partial charge on any atom is 0.406 e. The second-order valence-corrected chi connectivity index (χ2v) is 6.00. The monoisotopic (exact) mass is 313 g/mol. The fourth-order valence-corrected chi connectivity index (χ4v) is 3.16. The lowest BCUT2D eigenvalue weighted by Gasteiger charge is -2.37. The Hall–Kier alpha value is -1.63. The zero-order valence-electron chi connectivity index (χ0n) is 12.0. The first-order valence-corrected chi connectivity index (χ1v) is 7.45. The molecular weight excluding hydrogens is 295 g/mol. The van der Waals surface area contributed by atoms with Crippen LogP contribution in [-0.2, 0) is 4.79 Å². The van der Waals surface area contributed by atoms with Crippen molar-refractivity contribution in [3.8, 4) is 0 Å². The zero-order chi connectivity index (χ0) is 15.7. The third-order valence-electron chi connectivity index (χ3n) is 4.35. The number of carbonyl (C=O) groups is 1. The van der Waals surface area contributed by atoms with Crippen molar-refractivity contribution in [2.24, 2.45) is 0 Å². The van der Waals surface area contributed by atoms with Gasteiger partial charge >= 0.3 is 6.18 Å². The lowest BCUT2D eigenvalue weighted by molar-refractivity contribution is -0.158. The first kappa shape index (κ1) is 15.3. The van der Waals surface area contributed by atoms with E-state index in [1.165, 1.54) is 0 Å². The van der Waals surface area contributed by atoms with E-state index in [-0.39, 0.29) is 12.6 Å². The Labute approximate surface area is 126 Å². The van der Waals surface area contributed by atoms with Crippen LogP contribution in [0, 0.1) is 0 Å². The van der Waals surface area contributed by atoms with Crippen molar-refractivity contribution in [2.75, 3.05) is 13.1 Å². The summed E-state index contributed by atoms with van der Waals surface area (Å²) in [6.45, 7) is -0.975. The van der Waals surface area contributed by atoms with Crippen LogP contribution in [0.1, 0.15) is 30.9 Å². The molecule has 2 fully saturated rings. The Morgan fingerprint density at radius 1 is 1.32 bits per heavy atom. The standard InChI is InChI=1S/C15H18F3N3O/c16-15(17,18)9-21-6-4-13(14(21)22)20-11-7-10(8-11)12-3-1-2-5-19-12/h1-3,5,10-11,13,20H,4,6-9H2. The van der Waals surface area contributed by atoms with E-state index in [4.69, 9.17) is 0 Å². The molecule has 0 bridgehead atoms. The van der Waals surface area contributed by atoms with Crippen molar-refractivity contribution in [3.05, 3.63) is 30.1 Å². The molecule has 0 aromatic carbocycles. The van der Waals surface area contributed by atoms with Crippen LogP contribution in [0.5, 0.6) is 0 Å². The molecule has 1 amide bonds. The number of amides is 1. The summed E-state index contributed by atoms with van der Waals surface area (Å²) in [6, 6.07) is 5.50. The number of aromatic nitrogens is 1. The Morgan fingerprint density at radius 2 is 2.09 bits per heavy atom. The number of alkyl halides is 3.